The highest BCUT2D eigenvalue weighted by Gasteiger charge is 1.98. The summed E-state index contributed by atoms with van der Waals surface area (Å²) >= 11 is 2.19. The molecule has 0 radical (unpaired) electrons. The van der Waals surface area contributed by atoms with Crippen LogP contribution in [0.1, 0.15) is 5.69 Å². The number of rotatable bonds is 6. The highest BCUT2D eigenvalue weighted by Crippen LogP contribution is 2.20. The van der Waals surface area contributed by atoms with Crippen LogP contribution in [0, 0.1) is 0 Å². The summed E-state index contributed by atoms with van der Waals surface area (Å²) in [6.45, 7) is 2.21. The fourth-order valence-corrected chi connectivity index (χ4v) is 2.07. The van der Waals surface area contributed by atoms with Gasteiger partial charge >= 0.3 is 0 Å². The number of fused-ring (bicyclic) bond motifs is 1. The van der Waals surface area contributed by atoms with Gasteiger partial charge in [0.2, 0.25) is 0 Å². The van der Waals surface area contributed by atoms with Crippen molar-refractivity contribution in [3.8, 4) is 0 Å². The molecule has 5 nitrogen and oxygen atoms in total. The molecule has 0 saturated heterocycles. The Hall–Kier alpha value is -0.300. The molecule has 2 aromatic heterocycles. The van der Waals surface area contributed by atoms with Crippen LogP contribution in [-0.2, 0) is 15.9 Å². The van der Waals surface area contributed by atoms with Gasteiger partial charge in [-0.05, 0) is 22.0 Å². The van der Waals surface area contributed by atoms with Crippen molar-refractivity contribution < 1.29 is 9.26 Å². The first-order valence-corrected chi connectivity index (χ1v) is 8.75. The Morgan fingerprint density at radius 3 is 3.19 bits per heavy atom. The minimum atomic E-state index is 0.488. The van der Waals surface area contributed by atoms with Crippen molar-refractivity contribution in [1.82, 2.24) is 14.4 Å². The van der Waals surface area contributed by atoms with Gasteiger partial charge in [-0.15, -0.1) is 0 Å². The summed E-state index contributed by atoms with van der Waals surface area (Å²) in [5, 5.41) is 0. The molecule has 0 aliphatic heterocycles. The Morgan fingerprint density at radius 1 is 1.38 bits per heavy atom. The molecule has 0 aliphatic rings. The predicted octanol–water partition coefficient (Wildman–Crippen LogP) is 2.21. The van der Waals surface area contributed by atoms with E-state index in [0.29, 0.717) is 26.3 Å². The molecule has 0 N–H and O–H groups in total. The lowest BCUT2D eigenvalue weighted by atomic mass is 10.4. The minimum Gasteiger partial charge on any atom is -0.373 e. The average Bonchev–Trinajstić information content (AvgIpc) is 2.76. The maximum atomic E-state index is 5.42. The number of halogens is 1. The van der Waals surface area contributed by atoms with Gasteiger partial charge in [-0.2, -0.15) is 0 Å². The van der Waals surface area contributed by atoms with E-state index in [9.17, 15) is 0 Å². The number of imidazole rings is 1. The van der Waals surface area contributed by atoms with E-state index in [1.165, 1.54) is 0 Å². The van der Waals surface area contributed by atoms with Crippen LogP contribution < -0.4 is 0 Å². The number of aromatic nitrogens is 3. The number of nitrogens with zero attached hydrogens (tertiary/aromatic N) is 3. The van der Waals surface area contributed by atoms with Crippen LogP contribution in [0.15, 0.2) is 24.8 Å². The molecule has 2 rings (SSSR count). The van der Waals surface area contributed by atoms with E-state index in [2.05, 4.69) is 32.0 Å². The van der Waals surface area contributed by atoms with Crippen molar-refractivity contribution in [2.45, 2.75) is 6.61 Å². The molecule has 0 fully saturated rings. The van der Waals surface area contributed by atoms with E-state index in [4.69, 9.17) is 9.26 Å². The summed E-state index contributed by atoms with van der Waals surface area (Å²) in [5.74, 6) is 0. The average molecular weight is 351 g/mol. The van der Waals surface area contributed by atoms with Crippen molar-refractivity contribution in [1.29, 1.82) is 0 Å². The summed E-state index contributed by atoms with van der Waals surface area (Å²) in [6.07, 6.45) is 5.35. The lowest BCUT2D eigenvalue weighted by Crippen LogP contribution is -2.02. The molecule has 0 aromatic carbocycles. The summed E-state index contributed by atoms with van der Waals surface area (Å²) in [6, 6.07) is 1.92. The van der Waals surface area contributed by atoms with Crippen LogP contribution in [0.4, 0.5) is 0 Å². The van der Waals surface area contributed by atoms with Crippen LogP contribution in [0.5, 0.6) is 0 Å². The van der Waals surface area contributed by atoms with Gasteiger partial charge in [-0.1, -0.05) is 0 Å². The summed E-state index contributed by atoms with van der Waals surface area (Å²) in [4.78, 5) is 8.43. The summed E-state index contributed by atoms with van der Waals surface area (Å²) in [7, 11) is 0. The van der Waals surface area contributed by atoms with Crippen molar-refractivity contribution >= 4 is 34.1 Å². The quantitative estimate of drug-likeness (QED) is 0.455. The van der Waals surface area contributed by atoms with Crippen LogP contribution >= 0.6 is 28.5 Å². The van der Waals surface area contributed by atoms with Crippen LogP contribution in [0.3, 0.4) is 0 Å². The van der Waals surface area contributed by atoms with Gasteiger partial charge in [-0.25, -0.2) is 9.97 Å². The molecule has 86 valence electrons. The third-order valence-corrected chi connectivity index (χ3v) is 3.22. The third-order valence-electron chi connectivity index (χ3n) is 1.98. The fourth-order valence-electron chi connectivity index (χ4n) is 1.25. The van der Waals surface area contributed by atoms with Crippen molar-refractivity contribution in [2.24, 2.45) is 0 Å². The van der Waals surface area contributed by atoms with E-state index in [0.717, 1.165) is 11.3 Å². The molecule has 0 bridgehead atoms. The molecule has 2 aromatic rings. The molecule has 0 saturated carbocycles. The first kappa shape index (κ1) is 12.2. The zero-order chi connectivity index (χ0) is 11.2. The van der Waals surface area contributed by atoms with E-state index in [1.807, 2.05) is 16.7 Å². The highest BCUT2D eigenvalue weighted by molar-refractivity contribution is 14.2. The zero-order valence-electron chi connectivity index (χ0n) is 8.47. The van der Waals surface area contributed by atoms with Gasteiger partial charge < -0.3 is 9.26 Å². The van der Waals surface area contributed by atoms with Gasteiger partial charge in [0.25, 0.3) is 0 Å². The maximum absolute atomic E-state index is 5.42. The Bertz CT molecular complexity index is 451. The highest BCUT2D eigenvalue weighted by atomic mass is 127. The van der Waals surface area contributed by atoms with Crippen molar-refractivity contribution in [3.63, 3.8) is 0 Å². The minimum absolute atomic E-state index is 0.488. The second-order valence-corrected chi connectivity index (χ2v) is 4.82. The van der Waals surface area contributed by atoms with Crippen molar-refractivity contribution in [2.75, 3.05) is 13.2 Å². The molecule has 7 heteroatoms. The van der Waals surface area contributed by atoms with Crippen molar-refractivity contribution in [3.05, 3.63) is 30.5 Å². The van der Waals surface area contributed by atoms with E-state index in [1.54, 1.807) is 12.5 Å². The van der Waals surface area contributed by atoms with Crippen LogP contribution in [0.2, 0.25) is 0 Å². The normalized spacial score (nSPS) is 11.8. The fraction of sp³-hybridized carbons (Fsp3) is 0.333. The molecule has 0 aliphatic carbocycles. The van der Waals surface area contributed by atoms with Gasteiger partial charge in [0, 0.05) is 18.5 Å². The van der Waals surface area contributed by atoms with E-state index >= 15 is 0 Å². The molecule has 0 amide bonds. The molecular weight excluding hydrogens is 340 g/mol. The molecular formula is C9H11IN3O2P. The van der Waals surface area contributed by atoms with Crippen LogP contribution in [0.25, 0.3) is 5.65 Å². The standard InChI is InChI=1S/C9H11IN3O2P/c10-16-15-4-3-14-6-8-5-9-11-1-2-13(9)7-12-8/h1-2,5,7,16H,3-4,6H2. The topological polar surface area (TPSA) is 48.7 Å². The molecule has 0 spiro atoms. The Labute approximate surface area is 108 Å². The number of hydrogen-bond donors (Lipinski definition) is 0. The lowest BCUT2D eigenvalue weighted by Gasteiger charge is -2.03. The van der Waals surface area contributed by atoms with Gasteiger partial charge in [0.15, 0.2) is 0 Å². The molecule has 1 unspecified atom stereocenters. The zero-order valence-corrected chi connectivity index (χ0v) is 11.6. The molecule has 1 atom stereocenters. The Morgan fingerprint density at radius 2 is 2.31 bits per heavy atom. The van der Waals surface area contributed by atoms with E-state index < -0.39 is 0 Å². The summed E-state index contributed by atoms with van der Waals surface area (Å²) in [5.41, 5.74) is 1.77. The van der Waals surface area contributed by atoms with Crippen LogP contribution in [-0.4, -0.2) is 27.6 Å². The van der Waals surface area contributed by atoms with E-state index in [-0.39, 0.29) is 0 Å². The second-order valence-electron chi connectivity index (χ2n) is 3.05. The number of ether oxygens (including phenoxy) is 1. The molecule has 16 heavy (non-hydrogen) atoms. The molecule has 2 heterocycles. The maximum Gasteiger partial charge on any atom is 0.139 e. The smallest absolute Gasteiger partial charge is 0.139 e. The number of hydrogen-bond acceptors (Lipinski definition) is 4. The first-order chi connectivity index (χ1) is 7.90. The first-order valence-electron chi connectivity index (χ1n) is 4.73. The SMILES string of the molecule is IPOCCOCc1cc2nccn2cn1. The van der Waals surface area contributed by atoms with Gasteiger partial charge in [0.05, 0.1) is 32.0 Å². The summed E-state index contributed by atoms with van der Waals surface area (Å²) < 4.78 is 12.5. The lowest BCUT2D eigenvalue weighted by molar-refractivity contribution is 0.0924. The Kier molecular flexibility index (Phi) is 4.90. The largest absolute Gasteiger partial charge is 0.373 e. The van der Waals surface area contributed by atoms with Gasteiger partial charge in [-0.3, -0.25) is 4.40 Å². The third kappa shape index (κ3) is 3.35. The monoisotopic (exact) mass is 351 g/mol. The predicted molar refractivity (Wildman–Crippen MR) is 70.9 cm³/mol. The Balaban J connectivity index is 1.84. The van der Waals surface area contributed by atoms with Gasteiger partial charge in [0.1, 0.15) is 12.0 Å². The second kappa shape index (κ2) is 6.44.